The normalized spacial score (nSPS) is 11.8. The van der Waals surface area contributed by atoms with Crippen LogP contribution < -0.4 is 16.4 Å². The van der Waals surface area contributed by atoms with Gasteiger partial charge in [0.05, 0.1) is 10.6 Å². The van der Waals surface area contributed by atoms with Gasteiger partial charge >= 0.3 is 0 Å². The first-order valence-electron chi connectivity index (χ1n) is 6.72. The molecular formula is C14H19Cl2N3O2S. The summed E-state index contributed by atoms with van der Waals surface area (Å²) in [6, 6.07) is 3.97. The molecular weight excluding hydrogens is 345 g/mol. The largest absolute Gasteiger partial charge is 0.353 e. The van der Waals surface area contributed by atoms with Crippen LogP contribution in [-0.2, 0) is 4.79 Å². The fourth-order valence-electron chi connectivity index (χ4n) is 1.73. The van der Waals surface area contributed by atoms with Gasteiger partial charge in [-0.1, -0.05) is 23.2 Å². The molecule has 1 aromatic rings. The van der Waals surface area contributed by atoms with Crippen LogP contribution in [0.2, 0.25) is 10.0 Å². The SMILES string of the molecule is CSCCC(NC(=O)c1ccc(Cl)cc1Cl)C(=O)NCCN. The first-order valence-corrected chi connectivity index (χ1v) is 8.87. The Labute approximate surface area is 144 Å². The molecule has 0 radical (unpaired) electrons. The molecule has 0 saturated heterocycles. The van der Waals surface area contributed by atoms with Gasteiger partial charge < -0.3 is 16.4 Å². The highest BCUT2D eigenvalue weighted by Gasteiger charge is 2.21. The van der Waals surface area contributed by atoms with Crippen LogP contribution in [0.3, 0.4) is 0 Å². The first-order chi connectivity index (χ1) is 10.5. The molecule has 0 saturated carbocycles. The number of halogens is 2. The molecule has 5 nitrogen and oxygen atoms in total. The molecule has 0 fully saturated rings. The lowest BCUT2D eigenvalue weighted by molar-refractivity contribution is -0.122. The topological polar surface area (TPSA) is 84.2 Å². The van der Waals surface area contributed by atoms with E-state index in [-0.39, 0.29) is 16.5 Å². The fraction of sp³-hybridized carbons (Fsp3) is 0.429. The second kappa shape index (κ2) is 9.94. The standard InChI is InChI=1S/C14H19Cl2N3O2S/c1-22-7-4-12(14(21)18-6-5-17)19-13(20)10-3-2-9(15)8-11(10)16/h2-3,8,12H,4-7,17H2,1H3,(H,18,21)(H,19,20). The second-order valence-corrected chi connectivity index (χ2v) is 6.34. The number of amides is 2. The van der Waals surface area contributed by atoms with Crippen LogP contribution >= 0.6 is 35.0 Å². The number of rotatable bonds is 8. The Hall–Kier alpha value is -0.950. The Bertz CT molecular complexity index is 529. The zero-order valence-corrected chi connectivity index (χ0v) is 14.5. The van der Waals surface area contributed by atoms with E-state index in [4.69, 9.17) is 28.9 Å². The first kappa shape index (κ1) is 19.1. The van der Waals surface area contributed by atoms with Gasteiger partial charge in [-0.25, -0.2) is 0 Å². The summed E-state index contributed by atoms with van der Waals surface area (Å²) in [4.78, 5) is 24.3. The van der Waals surface area contributed by atoms with Gasteiger partial charge in [-0.2, -0.15) is 11.8 Å². The van der Waals surface area contributed by atoms with Gasteiger partial charge in [0, 0.05) is 18.1 Å². The number of hydrogen-bond donors (Lipinski definition) is 3. The van der Waals surface area contributed by atoms with Crippen molar-refractivity contribution in [2.24, 2.45) is 5.73 Å². The summed E-state index contributed by atoms with van der Waals surface area (Å²) in [5.41, 5.74) is 5.65. The van der Waals surface area contributed by atoms with Crippen LogP contribution in [0.4, 0.5) is 0 Å². The smallest absolute Gasteiger partial charge is 0.253 e. The molecule has 0 aliphatic heterocycles. The van der Waals surface area contributed by atoms with Crippen molar-refractivity contribution in [2.75, 3.05) is 25.1 Å². The van der Waals surface area contributed by atoms with Gasteiger partial charge in [0.2, 0.25) is 5.91 Å². The molecule has 8 heteroatoms. The maximum absolute atomic E-state index is 12.3. The van der Waals surface area contributed by atoms with Crippen LogP contribution in [-0.4, -0.2) is 43.0 Å². The lowest BCUT2D eigenvalue weighted by atomic mass is 10.1. The van der Waals surface area contributed by atoms with Crippen molar-refractivity contribution >= 4 is 46.8 Å². The average molecular weight is 364 g/mol. The lowest BCUT2D eigenvalue weighted by Gasteiger charge is -2.18. The van der Waals surface area contributed by atoms with E-state index >= 15 is 0 Å². The Kier molecular flexibility index (Phi) is 8.63. The quantitative estimate of drug-likeness (QED) is 0.658. The van der Waals surface area contributed by atoms with Crippen molar-refractivity contribution in [3.63, 3.8) is 0 Å². The molecule has 4 N–H and O–H groups in total. The maximum atomic E-state index is 12.3. The van der Waals surface area contributed by atoms with Crippen LogP contribution in [0.5, 0.6) is 0 Å². The highest BCUT2D eigenvalue weighted by molar-refractivity contribution is 7.98. The third kappa shape index (κ3) is 6.04. The van der Waals surface area contributed by atoms with Crippen LogP contribution in [0.25, 0.3) is 0 Å². The number of thioether (sulfide) groups is 1. The van der Waals surface area contributed by atoms with E-state index in [0.717, 1.165) is 5.75 Å². The van der Waals surface area contributed by atoms with Gasteiger partial charge in [0.15, 0.2) is 0 Å². The summed E-state index contributed by atoms with van der Waals surface area (Å²) in [5, 5.41) is 6.08. The fourth-order valence-corrected chi connectivity index (χ4v) is 2.70. The van der Waals surface area contributed by atoms with E-state index in [9.17, 15) is 9.59 Å². The molecule has 0 aliphatic carbocycles. The van der Waals surface area contributed by atoms with E-state index in [0.29, 0.717) is 24.5 Å². The van der Waals surface area contributed by atoms with E-state index in [1.807, 2.05) is 6.26 Å². The minimum absolute atomic E-state index is 0.246. The maximum Gasteiger partial charge on any atom is 0.253 e. The minimum atomic E-state index is -0.627. The van der Waals surface area contributed by atoms with Crippen LogP contribution in [0.15, 0.2) is 18.2 Å². The number of hydrogen-bond acceptors (Lipinski definition) is 4. The molecule has 0 aromatic heterocycles. The molecule has 1 aromatic carbocycles. The van der Waals surface area contributed by atoms with E-state index in [1.54, 1.807) is 17.8 Å². The Morgan fingerprint density at radius 1 is 1.36 bits per heavy atom. The Balaban J connectivity index is 2.78. The highest BCUT2D eigenvalue weighted by atomic mass is 35.5. The molecule has 1 unspecified atom stereocenters. The molecule has 2 amide bonds. The number of carbonyl (C=O) groups excluding carboxylic acids is 2. The summed E-state index contributed by atoms with van der Waals surface area (Å²) < 4.78 is 0. The van der Waals surface area contributed by atoms with Gasteiger partial charge in [-0.15, -0.1) is 0 Å². The van der Waals surface area contributed by atoms with E-state index < -0.39 is 11.9 Å². The van der Waals surface area contributed by atoms with Gasteiger partial charge in [-0.05, 0) is 36.6 Å². The van der Waals surface area contributed by atoms with Crippen molar-refractivity contribution in [1.82, 2.24) is 10.6 Å². The number of nitrogens with one attached hydrogen (secondary N) is 2. The summed E-state index contributed by atoms with van der Waals surface area (Å²) in [6.45, 7) is 0.712. The summed E-state index contributed by atoms with van der Waals surface area (Å²) in [6.07, 6.45) is 2.46. The number of benzene rings is 1. The third-order valence-electron chi connectivity index (χ3n) is 2.85. The Morgan fingerprint density at radius 3 is 2.68 bits per heavy atom. The lowest BCUT2D eigenvalue weighted by Crippen LogP contribution is -2.48. The van der Waals surface area contributed by atoms with E-state index in [1.165, 1.54) is 12.1 Å². The van der Waals surface area contributed by atoms with Crippen molar-refractivity contribution in [3.05, 3.63) is 33.8 Å². The molecule has 0 spiro atoms. The monoisotopic (exact) mass is 363 g/mol. The van der Waals surface area contributed by atoms with Crippen molar-refractivity contribution in [1.29, 1.82) is 0 Å². The molecule has 0 heterocycles. The zero-order valence-electron chi connectivity index (χ0n) is 12.2. The van der Waals surface area contributed by atoms with Gasteiger partial charge in [-0.3, -0.25) is 9.59 Å². The zero-order chi connectivity index (χ0) is 16.5. The third-order valence-corrected chi connectivity index (χ3v) is 4.04. The van der Waals surface area contributed by atoms with Crippen molar-refractivity contribution in [2.45, 2.75) is 12.5 Å². The number of nitrogens with two attached hydrogens (primary N) is 1. The van der Waals surface area contributed by atoms with Crippen molar-refractivity contribution in [3.8, 4) is 0 Å². The molecule has 1 atom stereocenters. The van der Waals surface area contributed by atoms with Crippen LogP contribution in [0, 0.1) is 0 Å². The van der Waals surface area contributed by atoms with Crippen LogP contribution in [0.1, 0.15) is 16.8 Å². The predicted molar refractivity (Wildman–Crippen MR) is 92.8 cm³/mol. The molecule has 22 heavy (non-hydrogen) atoms. The second-order valence-electron chi connectivity index (χ2n) is 4.51. The minimum Gasteiger partial charge on any atom is -0.353 e. The summed E-state index contributed by atoms with van der Waals surface area (Å²) >= 11 is 13.4. The van der Waals surface area contributed by atoms with E-state index in [2.05, 4.69) is 10.6 Å². The highest BCUT2D eigenvalue weighted by Crippen LogP contribution is 2.21. The van der Waals surface area contributed by atoms with Gasteiger partial charge in [0.1, 0.15) is 6.04 Å². The molecule has 0 bridgehead atoms. The number of carbonyl (C=O) groups is 2. The van der Waals surface area contributed by atoms with Gasteiger partial charge in [0.25, 0.3) is 5.91 Å². The molecule has 0 aliphatic rings. The average Bonchev–Trinajstić information content (AvgIpc) is 2.48. The Morgan fingerprint density at radius 2 is 2.09 bits per heavy atom. The molecule has 122 valence electrons. The summed E-state index contributed by atoms with van der Waals surface area (Å²) in [5.74, 6) is 0.0867. The van der Waals surface area contributed by atoms with Crippen molar-refractivity contribution < 1.29 is 9.59 Å². The summed E-state index contributed by atoms with van der Waals surface area (Å²) in [7, 11) is 0. The predicted octanol–water partition coefficient (Wildman–Crippen LogP) is 1.92. The molecule has 1 rings (SSSR count).